The molecule has 0 aliphatic heterocycles. The minimum atomic E-state index is -4.42. The van der Waals surface area contributed by atoms with Gasteiger partial charge in [-0.3, -0.25) is 9.89 Å². The molecule has 6 nitrogen and oxygen atoms in total. The number of aromatic nitrogens is 2. The number of methoxy groups -OCH3 is 1. The van der Waals surface area contributed by atoms with Gasteiger partial charge in [0.15, 0.2) is 5.82 Å². The Balaban J connectivity index is 1.47. The molecule has 4 N–H and O–H groups in total. The van der Waals surface area contributed by atoms with Crippen LogP contribution in [-0.2, 0) is 17.4 Å². The Hall–Kier alpha value is -3.49. The van der Waals surface area contributed by atoms with E-state index in [4.69, 9.17) is 10.5 Å². The van der Waals surface area contributed by atoms with Gasteiger partial charge in [-0.15, -0.1) is 0 Å². The first-order valence-electron chi connectivity index (χ1n) is 10.6. The number of carbonyl (C=O) groups is 1. The highest BCUT2D eigenvalue weighted by molar-refractivity contribution is 5.81. The minimum absolute atomic E-state index is 0.0420. The molecule has 1 saturated carbocycles. The molecule has 0 spiro atoms. The average Bonchev–Trinajstić information content (AvgIpc) is 3.42. The van der Waals surface area contributed by atoms with Gasteiger partial charge in [-0.2, -0.15) is 18.3 Å². The normalized spacial score (nSPS) is 20.5. The average molecular weight is 458 g/mol. The molecule has 2 atom stereocenters. The summed E-state index contributed by atoms with van der Waals surface area (Å²) < 4.78 is 44.1. The summed E-state index contributed by atoms with van der Waals surface area (Å²) in [5.41, 5.74) is 6.56. The summed E-state index contributed by atoms with van der Waals surface area (Å²) in [6.45, 7) is 0. The fourth-order valence-corrected chi connectivity index (χ4v) is 4.53. The lowest BCUT2D eigenvalue weighted by molar-refractivity contribution is -0.137. The number of carbonyl (C=O) groups excluding carboxylic acids is 1. The number of hydrogen-bond acceptors (Lipinski definition) is 4. The number of nitrogens with two attached hydrogens (primary N) is 1. The Labute approximate surface area is 189 Å². The maximum Gasteiger partial charge on any atom is 0.416 e. The van der Waals surface area contributed by atoms with Crippen LogP contribution < -0.4 is 15.8 Å². The Morgan fingerprint density at radius 1 is 1.24 bits per heavy atom. The molecule has 9 heteroatoms. The summed E-state index contributed by atoms with van der Waals surface area (Å²) >= 11 is 0. The second-order valence-electron chi connectivity index (χ2n) is 8.52. The molecule has 33 heavy (non-hydrogen) atoms. The molecule has 3 aromatic rings. The van der Waals surface area contributed by atoms with Crippen LogP contribution in [0, 0.1) is 5.41 Å². The van der Waals surface area contributed by atoms with Gasteiger partial charge in [0.25, 0.3) is 0 Å². The van der Waals surface area contributed by atoms with Crippen LogP contribution >= 0.6 is 0 Å². The minimum Gasteiger partial charge on any atom is -0.497 e. The molecule has 4 rings (SSSR count). The highest BCUT2D eigenvalue weighted by Gasteiger charge is 2.45. The predicted molar refractivity (Wildman–Crippen MR) is 118 cm³/mol. The van der Waals surface area contributed by atoms with E-state index in [9.17, 15) is 18.0 Å². The van der Waals surface area contributed by atoms with Gasteiger partial charge in [0.05, 0.1) is 18.1 Å². The summed E-state index contributed by atoms with van der Waals surface area (Å²) in [5.74, 6) is 0.869. The number of amides is 1. The second-order valence-corrected chi connectivity index (χ2v) is 8.52. The predicted octanol–water partition coefficient (Wildman–Crippen LogP) is 5.16. The number of alkyl halides is 3. The van der Waals surface area contributed by atoms with Crippen LogP contribution in [0.5, 0.6) is 5.75 Å². The van der Waals surface area contributed by atoms with E-state index in [1.165, 1.54) is 6.07 Å². The maximum absolute atomic E-state index is 13.0. The van der Waals surface area contributed by atoms with E-state index in [1.54, 1.807) is 19.2 Å². The number of aromatic amines is 1. The van der Waals surface area contributed by atoms with Crippen LogP contribution in [0.25, 0.3) is 0 Å². The second kappa shape index (κ2) is 8.80. The number of halogens is 3. The molecule has 0 radical (unpaired) electrons. The molecular formula is C24H25F3N4O2. The molecule has 0 bridgehead atoms. The van der Waals surface area contributed by atoms with E-state index in [-0.39, 0.29) is 11.8 Å². The van der Waals surface area contributed by atoms with Crippen molar-refractivity contribution < 1.29 is 22.7 Å². The van der Waals surface area contributed by atoms with Crippen LogP contribution in [-0.4, -0.2) is 23.2 Å². The van der Waals surface area contributed by atoms with Gasteiger partial charge in [0, 0.05) is 23.4 Å². The van der Waals surface area contributed by atoms with Crippen LogP contribution in [0.15, 0.2) is 54.6 Å². The molecule has 1 amide bonds. The van der Waals surface area contributed by atoms with Crippen molar-refractivity contribution in [1.82, 2.24) is 10.2 Å². The molecule has 0 saturated heterocycles. The highest BCUT2D eigenvalue weighted by Crippen LogP contribution is 2.48. The number of nitrogens with one attached hydrogen (secondary N) is 2. The zero-order chi connectivity index (χ0) is 23.6. The van der Waals surface area contributed by atoms with E-state index in [0.717, 1.165) is 35.6 Å². The molecule has 1 aliphatic rings. The lowest BCUT2D eigenvalue weighted by Crippen LogP contribution is -2.36. The van der Waals surface area contributed by atoms with Gasteiger partial charge in [-0.1, -0.05) is 18.2 Å². The number of H-pyrrole nitrogens is 1. The van der Waals surface area contributed by atoms with Gasteiger partial charge in [0.1, 0.15) is 5.75 Å². The molecular weight excluding hydrogens is 433 g/mol. The van der Waals surface area contributed by atoms with Crippen molar-refractivity contribution in [2.75, 3.05) is 12.4 Å². The number of anilines is 2. The van der Waals surface area contributed by atoms with Gasteiger partial charge in [-0.25, -0.2) is 0 Å². The number of rotatable bonds is 7. The summed E-state index contributed by atoms with van der Waals surface area (Å²) in [6.07, 6.45) is -1.91. The Morgan fingerprint density at radius 2 is 2.00 bits per heavy atom. The van der Waals surface area contributed by atoms with E-state index < -0.39 is 17.2 Å². The van der Waals surface area contributed by atoms with E-state index >= 15 is 0 Å². The molecule has 174 valence electrons. The SMILES string of the molecule is COc1ccc(CC2(C(N)=O)CCC(c3cc(Nc4cccc(C(F)(F)F)c4)n[nH]3)C2)cc1. The van der Waals surface area contributed by atoms with Crippen molar-refractivity contribution in [3.63, 3.8) is 0 Å². The third-order valence-electron chi connectivity index (χ3n) is 6.33. The lowest BCUT2D eigenvalue weighted by Gasteiger charge is -2.26. The van der Waals surface area contributed by atoms with Gasteiger partial charge in [-0.05, 0) is 61.6 Å². The number of nitrogens with zero attached hydrogens (tertiary/aromatic N) is 1. The Kier molecular flexibility index (Phi) is 6.05. The van der Waals surface area contributed by atoms with Crippen molar-refractivity contribution in [2.45, 2.75) is 37.8 Å². The first kappa shape index (κ1) is 22.7. The summed E-state index contributed by atoms with van der Waals surface area (Å²) in [5, 5.41) is 10.1. The third-order valence-corrected chi connectivity index (χ3v) is 6.33. The van der Waals surface area contributed by atoms with Crippen LogP contribution in [0.1, 0.15) is 42.0 Å². The molecule has 2 unspecified atom stereocenters. The number of primary amides is 1. The fraction of sp³-hybridized carbons (Fsp3) is 0.333. The van der Waals surface area contributed by atoms with Crippen LogP contribution in [0.2, 0.25) is 0 Å². The third kappa shape index (κ3) is 4.97. The molecule has 1 fully saturated rings. The van der Waals surface area contributed by atoms with Crippen molar-refractivity contribution in [1.29, 1.82) is 0 Å². The monoisotopic (exact) mass is 458 g/mol. The van der Waals surface area contributed by atoms with Gasteiger partial charge in [0.2, 0.25) is 5.91 Å². The highest BCUT2D eigenvalue weighted by atomic mass is 19.4. The first-order valence-corrected chi connectivity index (χ1v) is 10.6. The van der Waals surface area contributed by atoms with Gasteiger partial charge < -0.3 is 15.8 Å². The smallest absolute Gasteiger partial charge is 0.416 e. The van der Waals surface area contributed by atoms with E-state index in [1.807, 2.05) is 24.3 Å². The standard InChI is InChI=1S/C24H25F3N4O2/c1-33-19-7-5-15(6-8-19)13-23(22(28)32)10-9-16(14-23)20-12-21(31-30-20)29-18-4-2-3-17(11-18)24(25,26)27/h2-8,11-12,16H,9-10,13-14H2,1H3,(H2,28,32)(H2,29,30,31). The van der Waals surface area contributed by atoms with Gasteiger partial charge >= 0.3 is 6.18 Å². The lowest BCUT2D eigenvalue weighted by atomic mass is 9.78. The Morgan fingerprint density at radius 3 is 2.67 bits per heavy atom. The Bertz CT molecular complexity index is 1130. The molecule has 1 aliphatic carbocycles. The van der Waals surface area contributed by atoms with Crippen molar-refractivity contribution in [2.24, 2.45) is 11.1 Å². The van der Waals surface area contributed by atoms with Crippen molar-refractivity contribution in [3.8, 4) is 5.75 Å². The number of hydrogen-bond donors (Lipinski definition) is 3. The zero-order valence-electron chi connectivity index (χ0n) is 18.1. The summed E-state index contributed by atoms with van der Waals surface area (Å²) in [6, 6.07) is 14.3. The van der Waals surface area contributed by atoms with Crippen LogP contribution in [0.3, 0.4) is 0 Å². The largest absolute Gasteiger partial charge is 0.497 e. The summed E-state index contributed by atoms with van der Waals surface area (Å²) in [4.78, 5) is 12.5. The summed E-state index contributed by atoms with van der Waals surface area (Å²) in [7, 11) is 1.60. The molecule has 1 heterocycles. The van der Waals surface area contributed by atoms with Crippen molar-refractivity contribution in [3.05, 3.63) is 71.4 Å². The van der Waals surface area contributed by atoms with Crippen LogP contribution in [0.4, 0.5) is 24.7 Å². The topological polar surface area (TPSA) is 93.0 Å². The quantitative estimate of drug-likeness (QED) is 0.456. The molecule has 2 aromatic carbocycles. The number of benzene rings is 2. The number of ether oxygens (including phenoxy) is 1. The first-order chi connectivity index (χ1) is 15.7. The zero-order valence-corrected chi connectivity index (χ0v) is 18.1. The maximum atomic E-state index is 13.0. The molecule has 1 aromatic heterocycles. The van der Waals surface area contributed by atoms with E-state index in [2.05, 4.69) is 15.5 Å². The fourth-order valence-electron chi connectivity index (χ4n) is 4.53. The van der Waals surface area contributed by atoms with E-state index in [0.29, 0.717) is 30.8 Å². The van der Waals surface area contributed by atoms with Crippen molar-refractivity contribution >= 4 is 17.4 Å².